The fraction of sp³-hybridized carbons (Fsp3) is 0.375. The smallest absolute Gasteiger partial charge is 0.0299 e. The molecule has 0 N–H and O–H groups in total. The van der Waals surface area contributed by atoms with Crippen LogP contribution in [0.3, 0.4) is 0 Å². The second-order valence-corrected chi connectivity index (χ2v) is 4.09. The maximum atomic E-state index is 4.04. The normalized spacial score (nSPS) is 13.2. The lowest BCUT2D eigenvalue weighted by molar-refractivity contribution is 1.10. The van der Waals surface area contributed by atoms with E-state index < -0.39 is 0 Å². The Morgan fingerprint density at radius 2 is 1.56 bits per heavy atom. The van der Waals surface area contributed by atoms with Crippen LogP contribution in [-0.2, 0) is 0 Å². The van der Waals surface area contributed by atoms with E-state index in [0.29, 0.717) is 0 Å². The van der Waals surface area contributed by atoms with Gasteiger partial charge in [-0.05, 0) is 37.8 Å². The topological polar surface area (TPSA) is 0 Å². The Bertz CT molecular complexity index is 335. The molecule has 0 aliphatic heterocycles. The van der Waals surface area contributed by atoms with Crippen molar-refractivity contribution in [3.8, 4) is 0 Å². The van der Waals surface area contributed by atoms with Gasteiger partial charge in [-0.1, -0.05) is 62.5 Å². The van der Waals surface area contributed by atoms with E-state index in [0.717, 1.165) is 24.0 Å². The van der Waals surface area contributed by atoms with Crippen molar-refractivity contribution >= 4 is 0 Å². The van der Waals surface area contributed by atoms with Crippen molar-refractivity contribution in [3.63, 3.8) is 0 Å². The van der Waals surface area contributed by atoms with E-state index in [1.807, 2.05) is 12.2 Å². The standard InChI is InChI=1S/C16H24/c1-7-13(3)9-11-15(5)16(6)12-10-14(4)8-2/h9-12H,3,5,7-8H2,1-2,4,6H3/b11-9-,14-10-,16-12+. The van der Waals surface area contributed by atoms with Gasteiger partial charge in [0.15, 0.2) is 0 Å². The monoisotopic (exact) mass is 216 g/mol. The third-order valence-corrected chi connectivity index (χ3v) is 2.66. The van der Waals surface area contributed by atoms with Crippen molar-refractivity contribution in [1.82, 2.24) is 0 Å². The van der Waals surface area contributed by atoms with Crippen LogP contribution in [0.4, 0.5) is 0 Å². The van der Waals surface area contributed by atoms with Gasteiger partial charge in [0.1, 0.15) is 0 Å². The summed E-state index contributed by atoms with van der Waals surface area (Å²) in [5.41, 5.74) is 4.77. The van der Waals surface area contributed by atoms with E-state index in [-0.39, 0.29) is 0 Å². The minimum absolute atomic E-state index is 0.987. The van der Waals surface area contributed by atoms with Crippen LogP contribution in [0.15, 0.2) is 59.8 Å². The van der Waals surface area contributed by atoms with Gasteiger partial charge >= 0.3 is 0 Å². The first kappa shape index (κ1) is 14.7. The second kappa shape index (κ2) is 7.92. The summed E-state index contributed by atoms with van der Waals surface area (Å²) in [7, 11) is 0. The lowest BCUT2D eigenvalue weighted by Gasteiger charge is -2.00. The van der Waals surface area contributed by atoms with Gasteiger partial charge in [-0.25, -0.2) is 0 Å². The van der Waals surface area contributed by atoms with Crippen molar-refractivity contribution in [2.24, 2.45) is 0 Å². The average molecular weight is 216 g/mol. The van der Waals surface area contributed by atoms with Gasteiger partial charge in [0, 0.05) is 0 Å². The molecule has 0 heteroatoms. The Balaban J connectivity index is 4.51. The molecule has 0 rings (SSSR count). The first-order valence-electron chi connectivity index (χ1n) is 5.90. The van der Waals surface area contributed by atoms with Gasteiger partial charge in [-0.3, -0.25) is 0 Å². The summed E-state index contributed by atoms with van der Waals surface area (Å²) in [5.74, 6) is 0. The quantitative estimate of drug-likeness (QED) is 0.524. The summed E-state index contributed by atoms with van der Waals surface area (Å²) < 4.78 is 0. The third kappa shape index (κ3) is 6.23. The van der Waals surface area contributed by atoms with Crippen LogP contribution in [0.25, 0.3) is 0 Å². The first-order valence-corrected chi connectivity index (χ1v) is 5.90. The summed E-state index contributed by atoms with van der Waals surface area (Å²) in [6.07, 6.45) is 10.4. The molecule has 0 unspecified atom stereocenters. The maximum Gasteiger partial charge on any atom is -0.0299 e. The van der Waals surface area contributed by atoms with Crippen molar-refractivity contribution in [2.45, 2.75) is 40.5 Å². The largest absolute Gasteiger partial charge is 0.0958 e. The van der Waals surface area contributed by atoms with Crippen LogP contribution in [0, 0.1) is 0 Å². The van der Waals surface area contributed by atoms with Crippen LogP contribution >= 0.6 is 0 Å². The first-order chi connectivity index (χ1) is 7.51. The molecule has 0 aliphatic carbocycles. The Labute approximate surface area is 101 Å². The van der Waals surface area contributed by atoms with E-state index in [2.05, 4.69) is 53.0 Å². The molecule has 0 spiro atoms. The molecule has 16 heavy (non-hydrogen) atoms. The molecule has 0 radical (unpaired) electrons. The summed E-state index contributed by atoms with van der Waals surface area (Å²) in [6.45, 7) is 16.5. The van der Waals surface area contributed by atoms with Gasteiger partial charge in [0.2, 0.25) is 0 Å². The molecule has 0 atom stereocenters. The van der Waals surface area contributed by atoms with E-state index in [4.69, 9.17) is 0 Å². The van der Waals surface area contributed by atoms with Gasteiger partial charge < -0.3 is 0 Å². The molecule has 88 valence electrons. The third-order valence-electron chi connectivity index (χ3n) is 2.66. The highest BCUT2D eigenvalue weighted by Gasteiger charge is 1.91. The SMILES string of the molecule is C=C(/C=C\C(=C)/C(C)=C/C=C(/C)CC)CC. The van der Waals surface area contributed by atoms with Crippen LogP contribution in [0.2, 0.25) is 0 Å². The predicted octanol–water partition coefficient (Wildman–Crippen LogP) is 5.37. The molecule has 0 amide bonds. The van der Waals surface area contributed by atoms with Crippen molar-refractivity contribution in [2.75, 3.05) is 0 Å². The van der Waals surface area contributed by atoms with Gasteiger partial charge in [0.25, 0.3) is 0 Å². The summed E-state index contributed by atoms with van der Waals surface area (Å²) in [5, 5.41) is 0. The Hall–Kier alpha value is -1.30. The summed E-state index contributed by atoms with van der Waals surface area (Å²) in [6, 6.07) is 0. The maximum absolute atomic E-state index is 4.04. The van der Waals surface area contributed by atoms with Crippen molar-refractivity contribution in [3.05, 3.63) is 59.8 Å². The fourth-order valence-corrected chi connectivity index (χ4v) is 0.960. The molecular formula is C16H24. The number of hydrogen-bond donors (Lipinski definition) is 0. The van der Waals surface area contributed by atoms with Crippen LogP contribution in [0.1, 0.15) is 40.5 Å². The molecule has 0 saturated heterocycles. The van der Waals surface area contributed by atoms with E-state index in [9.17, 15) is 0 Å². The lowest BCUT2D eigenvalue weighted by Crippen LogP contribution is -1.80. The van der Waals surface area contributed by atoms with Crippen molar-refractivity contribution in [1.29, 1.82) is 0 Å². The molecule has 0 saturated carbocycles. The predicted molar refractivity (Wildman–Crippen MR) is 75.5 cm³/mol. The average Bonchev–Trinajstić information content (AvgIpc) is 2.31. The zero-order chi connectivity index (χ0) is 12.6. The highest BCUT2D eigenvalue weighted by molar-refractivity contribution is 5.40. The van der Waals surface area contributed by atoms with Crippen LogP contribution < -0.4 is 0 Å². The van der Waals surface area contributed by atoms with Gasteiger partial charge in [-0.15, -0.1) is 0 Å². The molecule has 0 aromatic rings. The number of allylic oxidation sites excluding steroid dienone is 8. The zero-order valence-electron chi connectivity index (χ0n) is 11.1. The fourth-order valence-electron chi connectivity index (χ4n) is 0.960. The Morgan fingerprint density at radius 1 is 0.938 bits per heavy atom. The van der Waals surface area contributed by atoms with Crippen molar-refractivity contribution < 1.29 is 0 Å². The molecule has 0 aliphatic rings. The lowest BCUT2D eigenvalue weighted by atomic mass is 10.1. The zero-order valence-corrected chi connectivity index (χ0v) is 11.1. The summed E-state index contributed by atoms with van der Waals surface area (Å²) >= 11 is 0. The van der Waals surface area contributed by atoms with Crippen LogP contribution in [0.5, 0.6) is 0 Å². The minimum atomic E-state index is 0.987. The molecule has 0 aromatic heterocycles. The van der Waals surface area contributed by atoms with E-state index in [1.54, 1.807) is 0 Å². The molecule has 0 aromatic carbocycles. The van der Waals surface area contributed by atoms with E-state index >= 15 is 0 Å². The molecule has 0 bridgehead atoms. The Morgan fingerprint density at radius 3 is 2.06 bits per heavy atom. The number of rotatable bonds is 6. The highest BCUT2D eigenvalue weighted by Crippen LogP contribution is 2.11. The van der Waals surface area contributed by atoms with Gasteiger partial charge in [-0.2, -0.15) is 0 Å². The minimum Gasteiger partial charge on any atom is -0.0958 e. The van der Waals surface area contributed by atoms with Crippen LogP contribution in [-0.4, -0.2) is 0 Å². The van der Waals surface area contributed by atoms with Gasteiger partial charge in [0.05, 0.1) is 0 Å². The summed E-state index contributed by atoms with van der Waals surface area (Å²) in [4.78, 5) is 0. The Kier molecular flexibility index (Phi) is 7.28. The number of hydrogen-bond acceptors (Lipinski definition) is 0. The highest BCUT2D eigenvalue weighted by atomic mass is 14.0. The second-order valence-electron chi connectivity index (χ2n) is 4.09. The molecule has 0 fully saturated rings. The van der Waals surface area contributed by atoms with E-state index in [1.165, 1.54) is 11.1 Å². The molecule has 0 heterocycles. The molecule has 0 nitrogen and oxygen atoms in total. The molecular weight excluding hydrogens is 192 g/mol.